The fourth-order valence-corrected chi connectivity index (χ4v) is 3.53. The number of alkyl halides is 3. The Labute approximate surface area is 138 Å². The van der Waals surface area contributed by atoms with Gasteiger partial charge in [0.2, 0.25) is 10.0 Å². The molecule has 2 rings (SSSR count). The van der Waals surface area contributed by atoms with Gasteiger partial charge < -0.3 is 4.90 Å². The molecule has 1 aliphatic heterocycles. The van der Waals surface area contributed by atoms with E-state index in [1.807, 2.05) is 0 Å². The molecule has 0 bridgehead atoms. The Bertz CT molecular complexity index is 682. The van der Waals surface area contributed by atoms with E-state index in [1.54, 1.807) is 4.90 Å². The van der Waals surface area contributed by atoms with Crippen LogP contribution in [0.4, 0.5) is 19.0 Å². The molecule has 1 aromatic heterocycles. The molecule has 0 aromatic carbocycles. The highest BCUT2D eigenvalue weighted by atomic mass is 35.5. The van der Waals surface area contributed by atoms with Gasteiger partial charge in [0.25, 0.3) is 0 Å². The first-order valence-corrected chi connectivity index (χ1v) is 9.13. The standard InChI is InChI=1S/C13H17ClF3N3O2S/c1-19(23(2,21)22)10-4-3-5-20(8-10)12-11(14)6-9(7-18-12)13(15,16)17/h6-7,10H,3-5,8H2,1-2H3. The maximum atomic E-state index is 12.7. The SMILES string of the molecule is CN(C1CCCN(c2ncc(C(F)(F)F)cc2Cl)C1)S(C)(=O)=O. The Kier molecular flexibility index (Phi) is 5.12. The van der Waals surface area contributed by atoms with Crippen molar-refractivity contribution in [1.29, 1.82) is 0 Å². The molecule has 1 unspecified atom stereocenters. The molecule has 5 nitrogen and oxygen atoms in total. The summed E-state index contributed by atoms with van der Waals surface area (Å²) < 4.78 is 62.5. The Morgan fingerprint density at radius 2 is 2.09 bits per heavy atom. The number of aromatic nitrogens is 1. The van der Waals surface area contributed by atoms with Crippen LogP contribution in [0.15, 0.2) is 12.3 Å². The maximum absolute atomic E-state index is 12.7. The summed E-state index contributed by atoms with van der Waals surface area (Å²) in [5, 5.41) is -0.0949. The van der Waals surface area contributed by atoms with Crippen LogP contribution in [0.5, 0.6) is 0 Å². The highest BCUT2D eigenvalue weighted by molar-refractivity contribution is 7.88. The first-order valence-electron chi connectivity index (χ1n) is 6.91. The molecular weight excluding hydrogens is 355 g/mol. The van der Waals surface area contributed by atoms with Crippen molar-refractivity contribution in [3.8, 4) is 0 Å². The van der Waals surface area contributed by atoms with Crippen LogP contribution in [0, 0.1) is 0 Å². The lowest BCUT2D eigenvalue weighted by Crippen LogP contribution is -2.48. The lowest BCUT2D eigenvalue weighted by molar-refractivity contribution is -0.137. The van der Waals surface area contributed by atoms with Crippen molar-refractivity contribution in [2.75, 3.05) is 31.3 Å². The van der Waals surface area contributed by atoms with Gasteiger partial charge in [-0.15, -0.1) is 0 Å². The number of rotatable bonds is 3. The second kappa shape index (κ2) is 6.45. The second-order valence-electron chi connectivity index (χ2n) is 5.55. The molecular formula is C13H17ClF3N3O2S. The molecule has 23 heavy (non-hydrogen) atoms. The number of piperidine rings is 1. The fraction of sp³-hybridized carbons (Fsp3) is 0.615. The number of hydrogen-bond donors (Lipinski definition) is 0. The fourth-order valence-electron chi connectivity index (χ4n) is 2.53. The Balaban J connectivity index is 2.22. The minimum absolute atomic E-state index is 0.0949. The topological polar surface area (TPSA) is 53.5 Å². The van der Waals surface area contributed by atoms with E-state index in [2.05, 4.69) is 4.98 Å². The molecule has 0 spiro atoms. The third-order valence-electron chi connectivity index (χ3n) is 3.88. The summed E-state index contributed by atoms with van der Waals surface area (Å²) in [6.45, 7) is 0.897. The van der Waals surface area contributed by atoms with Gasteiger partial charge in [-0.3, -0.25) is 0 Å². The van der Waals surface area contributed by atoms with Crippen molar-refractivity contribution in [1.82, 2.24) is 9.29 Å². The zero-order chi connectivity index (χ0) is 17.4. The second-order valence-corrected chi connectivity index (χ2v) is 8.00. The first kappa shape index (κ1) is 18.3. The zero-order valence-corrected chi connectivity index (χ0v) is 14.2. The molecule has 0 radical (unpaired) electrons. The lowest BCUT2D eigenvalue weighted by Gasteiger charge is -2.37. The summed E-state index contributed by atoms with van der Waals surface area (Å²) in [4.78, 5) is 5.55. The average Bonchev–Trinajstić information content (AvgIpc) is 2.44. The predicted octanol–water partition coefficient (Wildman–Crippen LogP) is 2.61. The zero-order valence-electron chi connectivity index (χ0n) is 12.6. The lowest BCUT2D eigenvalue weighted by atomic mass is 10.1. The average molecular weight is 372 g/mol. The van der Waals surface area contributed by atoms with E-state index in [9.17, 15) is 21.6 Å². The van der Waals surface area contributed by atoms with Crippen LogP contribution >= 0.6 is 11.6 Å². The predicted molar refractivity (Wildman–Crippen MR) is 82.1 cm³/mol. The smallest absolute Gasteiger partial charge is 0.354 e. The van der Waals surface area contributed by atoms with Gasteiger partial charge >= 0.3 is 6.18 Å². The van der Waals surface area contributed by atoms with E-state index in [1.165, 1.54) is 11.4 Å². The van der Waals surface area contributed by atoms with Crippen LogP contribution in [0.25, 0.3) is 0 Å². The van der Waals surface area contributed by atoms with E-state index in [-0.39, 0.29) is 16.9 Å². The van der Waals surface area contributed by atoms with Gasteiger partial charge in [0.1, 0.15) is 5.82 Å². The maximum Gasteiger partial charge on any atom is 0.417 e. The van der Waals surface area contributed by atoms with Crippen molar-refractivity contribution in [2.24, 2.45) is 0 Å². The van der Waals surface area contributed by atoms with Gasteiger partial charge in [0.05, 0.1) is 16.8 Å². The number of nitrogens with zero attached hydrogens (tertiary/aromatic N) is 3. The number of sulfonamides is 1. The van der Waals surface area contributed by atoms with Crippen molar-refractivity contribution in [2.45, 2.75) is 25.1 Å². The molecule has 2 heterocycles. The summed E-state index contributed by atoms with van der Waals surface area (Å²) in [5.41, 5.74) is -0.909. The molecule has 1 atom stereocenters. The van der Waals surface area contributed by atoms with E-state index in [0.29, 0.717) is 25.9 Å². The van der Waals surface area contributed by atoms with Crippen LogP contribution in [-0.2, 0) is 16.2 Å². The van der Waals surface area contributed by atoms with Gasteiger partial charge in [0.15, 0.2) is 0 Å². The molecule has 0 aliphatic carbocycles. The third kappa shape index (κ3) is 4.27. The number of halogens is 4. The van der Waals surface area contributed by atoms with Gasteiger partial charge in [-0.25, -0.2) is 17.7 Å². The third-order valence-corrected chi connectivity index (χ3v) is 5.51. The molecule has 0 saturated carbocycles. The van der Waals surface area contributed by atoms with Crippen molar-refractivity contribution >= 4 is 27.4 Å². The summed E-state index contributed by atoms with van der Waals surface area (Å²) in [7, 11) is -1.85. The highest BCUT2D eigenvalue weighted by Gasteiger charge is 2.33. The quantitative estimate of drug-likeness (QED) is 0.819. The molecule has 1 aromatic rings. The van der Waals surface area contributed by atoms with Crippen molar-refractivity contribution in [3.05, 3.63) is 22.8 Å². The molecule has 1 aliphatic rings. The Morgan fingerprint density at radius 1 is 1.43 bits per heavy atom. The summed E-state index contributed by atoms with van der Waals surface area (Å²) in [6, 6.07) is 0.576. The summed E-state index contributed by atoms with van der Waals surface area (Å²) >= 11 is 5.95. The molecule has 1 saturated heterocycles. The van der Waals surface area contributed by atoms with Crippen LogP contribution in [0.2, 0.25) is 5.02 Å². The van der Waals surface area contributed by atoms with Crippen LogP contribution < -0.4 is 4.90 Å². The van der Waals surface area contributed by atoms with Crippen LogP contribution in [-0.4, -0.2) is 50.1 Å². The van der Waals surface area contributed by atoms with E-state index in [0.717, 1.165) is 18.5 Å². The van der Waals surface area contributed by atoms with Crippen LogP contribution in [0.3, 0.4) is 0 Å². The number of pyridine rings is 1. The van der Waals surface area contributed by atoms with Gasteiger partial charge in [-0.1, -0.05) is 11.6 Å². The molecule has 130 valence electrons. The molecule has 0 N–H and O–H groups in total. The van der Waals surface area contributed by atoms with Gasteiger partial charge in [-0.2, -0.15) is 13.2 Å². The largest absolute Gasteiger partial charge is 0.417 e. The summed E-state index contributed by atoms with van der Waals surface area (Å²) in [5.74, 6) is 0.242. The molecule has 0 amide bonds. The summed E-state index contributed by atoms with van der Waals surface area (Å²) in [6.07, 6.45) is -1.27. The Morgan fingerprint density at radius 3 is 2.61 bits per heavy atom. The number of likely N-dealkylation sites (N-methyl/N-ethyl adjacent to an activating group) is 1. The monoisotopic (exact) mass is 371 g/mol. The number of anilines is 1. The molecule has 1 fully saturated rings. The highest BCUT2D eigenvalue weighted by Crippen LogP contribution is 2.34. The van der Waals surface area contributed by atoms with E-state index in [4.69, 9.17) is 11.6 Å². The van der Waals surface area contributed by atoms with E-state index >= 15 is 0 Å². The van der Waals surface area contributed by atoms with Crippen LogP contribution in [0.1, 0.15) is 18.4 Å². The molecule has 10 heteroatoms. The van der Waals surface area contributed by atoms with Crippen molar-refractivity contribution < 1.29 is 21.6 Å². The first-order chi connectivity index (χ1) is 10.5. The Hall–Kier alpha value is -1.06. The minimum atomic E-state index is -4.50. The van der Waals surface area contributed by atoms with Crippen molar-refractivity contribution in [3.63, 3.8) is 0 Å². The minimum Gasteiger partial charge on any atom is -0.354 e. The normalized spacial score (nSPS) is 20.1. The van der Waals surface area contributed by atoms with Gasteiger partial charge in [0, 0.05) is 32.4 Å². The van der Waals surface area contributed by atoms with Gasteiger partial charge in [-0.05, 0) is 18.9 Å². The van der Waals surface area contributed by atoms with E-state index < -0.39 is 21.8 Å². The number of hydrogen-bond acceptors (Lipinski definition) is 4.